The van der Waals surface area contributed by atoms with Gasteiger partial charge in [0.2, 0.25) is 5.91 Å². The number of nitrogens with zero attached hydrogens (tertiary/aromatic N) is 2. The van der Waals surface area contributed by atoms with E-state index in [1.807, 2.05) is 28.0 Å². The Hall–Kier alpha value is -3.23. The zero-order chi connectivity index (χ0) is 22.9. The first kappa shape index (κ1) is 22.0. The minimum absolute atomic E-state index is 0.00445. The van der Waals surface area contributed by atoms with Gasteiger partial charge in [0.15, 0.2) is 5.78 Å². The monoisotopic (exact) mass is 448 g/mol. The molecule has 2 aliphatic rings. The van der Waals surface area contributed by atoms with Gasteiger partial charge in [0.05, 0.1) is 13.7 Å². The van der Waals surface area contributed by atoms with Crippen LogP contribution in [-0.2, 0) is 11.3 Å². The Labute approximate surface area is 183 Å². The molecule has 1 aliphatic heterocycles. The number of fused-ring (bicyclic) bond motifs is 1. The topological polar surface area (TPSA) is 59.1 Å². The van der Waals surface area contributed by atoms with Gasteiger partial charge in [-0.2, -0.15) is 0 Å². The standard InChI is InChI=1S/C23H23F3N2O4/c1-31-19-8-9-20-16(12-19)13-28(17-4-5-17)22(30)10-11-27(20)14-21(29)15-2-6-18(7-3-15)32-23(24,25)26/h2-3,6-9,12,17H,4-5,10-11,13-14H2,1H3. The van der Waals surface area contributed by atoms with Crippen molar-refractivity contribution >= 4 is 17.4 Å². The van der Waals surface area contributed by atoms with Crippen LogP contribution >= 0.6 is 0 Å². The van der Waals surface area contributed by atoms with Gasteiger partial charge in [0.25, 0.3) is 0 Å². The molecule has 9 heteroatoms. The van der Waals surface area contributed by atoms with Crippen LogP contribution < -0.4 is 14.4 Å². The van der Waals surface area contributed by atoms with E-state index in [2.05, 4.69) is 4.74 Å². The van der Waals surface area contributed by atoms with E-state index in [9.17, 15) is 22.8 Å². The van der Waals surface area contributed by atoms with E-state index in [1.54, 1.807) is 7.11 Å². The number of halogens is 3. The van der Waals surface area contributed by atoms with Crippen LogP contribution in [0, 0.1) is 0 Å². The molecule has 0 aromatic heterocycles. The number of carbonyl (C=O) groups is 2. The first-order valence-corrected chi connectivity index (χ1v) is 10.3. The summed E-state index contributed by atoms with van der Waals surface area (Å²) >= 11 is 0. The fraction of sp³-hybridized carbons (Fsp3) is 0.391. The number of anilines is 1. The second kappa shape index (κ2) is 8.72. The van der Waals surface area contributed by atoms with Crippen molar-refractivity contribution in [3.63, 3.8) is 0 Å². The summed E-state index contributed by atoms with van der Waals surface area (Å²) in [7, 11) is 1.57. The summed E-state index contributed by atoms with van der Waals surface area (Å²) in [5, 5.41) is 0. The highest BCUT2D eigenvalue weighted by molar-refractivity contribution is 5.99. The van der Waals surface area contributed by atoms with Crippen LogP contribution in [0.5, 0.6) is 11.5 Å². The van der Waals surface area contributed by atoms with E-state index in [0.29, 0.717) is 18.8 Å². The van der Waals surface area contributed by atoms with E-state index < -0.39 is 6.36 Å². The van der Waals surface area contributed by atoms with E-state index in [0.717, 1.165) is 36.2 Å². The summed E-state index contributed by atoms with van der Waals surface area (Å²) in [6.45, 7) is 0.808. The summed E-state index contributed by atoms with van der Waals surface area (Å²) in [5.74, 6) is 0.0621. The van der Waals surface area contributed by atoms with Crippen molar-refractivity contribution in [3.8, 4) is 11.5 Å². The van der Waals surface area contributed by atoms with Crippen LogP contribution in [0.25, 0.3) is 0 Å². The quantitative estimate of drug-likeness (QED) is 0.621. The Kier molecular flexibility index (Phi) is 5.99. The number of alkyl halides is 3. The predicted octanol–water partition coefficient (Wildman–Crippen LogP) is 4.18. The number of ether oxygens (including phenoxy) is 2. The number of amides is 1. The molecule has 0 saturated heterocycles. The van der Waals surface area contributed by atoms with Crippen LogP contribution in [0.1, 0.15) is 35.2 Å². The van der Waals surface area contributed by atoms with Crippen LogP contribution in [0.15, 0.2) is 42.5 Å². The molecule has 0 spiro atoms. The number of hydrogen-bond acceptors (Lipinski definition) is 5. The molecule has 1 fully saturated rings. The van der Waals surface area contributed by atoms with Gasteiger partial charge in [-0.3, -0.25) is 9.59 Å². The second-order valence-corrected chi connectivity index (χ2v) is 7.91. The maximum Gasteiger partial charge on any atom is 0.573 e. The average molecular weight is 448 g/mol. The first-order chi connectivity index (χ1) is 15.2. The van der Waals surface area contributed by atoms with E-state index in [4.69, 9.17) is 4.74 Å². The summed E-state index contributed by atoms with van der Waals surface area (Å²) in [4.78, 5) is 29.4. The van der Waals surface area contributed by atoms with Crippen molar-refractivity contribution in [1.29, 1.82) is 0 Å². The van der Waals surface area contributed by atoms with Crippen LogP contribution in [0.4, 0.5) is 18.9 Å². The fourth-order valence-electron chi connectivity index (χ4n) is 3.88. The van der Waals surface area contributed by atoms with Gasteiger partial charge < -0.3 is 19.3 Å². The van der Waals surface area contributed by atoms with Gasteiger partial charge in [-0.1, -0.05) is 0 Å². The largest absolute Gasteiger partial charge is 0.573 e. The number of hydrogen-bond donors (Lipinski definition) is 0. The van der Waals surface area contributed by atoms with Gasteiger partial charge in [-0.15, -0.1) is 13.2 Å². The Morgan fingerprint density at radius 2 is 1.78 bits per heavy atom. The van der Waals surface area contributed by atoms with E-state index in [1.165, 1.54) is 12.1 Å². The highest BCUT2D eigenvalue weighted by atomic mass is 19.4. The molecule has 1 aliphatic carbocycles. The van der Waals surface area contributed by atoms with Crippen molar-refractivity contribution in [1.82, 2.24) is 4.90 Å². The fourth-order valence-corrected chi connectivity index (χ4v) is 3.88. The van der Waals surface area contributed by atoms with Crippen molar-refractivity contribution in [2.24, 2.45) is 0 Å². The normalized spacial score (nSPS) is 16.8. The van der Waals surface area contributed by atoms with E-state index >= 15 is 0 Å². The number of carbonyl (C=O) groups excluding carboxylic acids is 2. The van der Waals surface area contributed by atoms with Crippen LogP contribution in [0.3, 0.4) is 0 Å². The third-order valence-corrected chi connectivity index (χ3v) is 5.62. The molecular weight excluding hydrogens is 425 g/mol. The maximum absolute atomic E-state index is 12.9. The summed E-state index contributed by atoms with van der Waals surface area (Å²) in [5.41, 5.74) is 2.00. The van der Waals surface area contributed by atoms with Gasteiger partial charge in [0.1, 0.15) is 11.5 Å². The van der Waals surface area contributed by atoms with Crippen molar-refractivity contribution in [3.05, 3.63) is 53.6 Å². The van der Waals surface area contributed by atoms with Crippen molar-refractivity contribution < 1.29 is 32.2 Å². The Morgan fingerprint density at radius 3 is 2.41 bits per heavy atom. The molecular formula is C23H23F3N2O4. The molecule has 1 saturated carbocycles. The van der Waals surface area contributed by atoms with Crippen LogP contribution in [-0.4, -0.2) is 49.2 Å². The molecule has 32 heavy (non-hydrogen) atoms. The number of rotatable bonds is 6. The number of benzene rings is 2. The van der Waals surface area contributed by atoms with Gasteiger partial charge in [-0.05, 0) is 60.9 Å². The lowest BCUT2D eigenvalue weighted by Gasteiger charge is -2.33. The van der Waals surface area contributed by atoms with Gasteiger partial charge >= 0.3 is 6.36 Å². The minimum atomic E-state index is -4.79. The minimum Gasteiger partial charge on any atom is -0.497 e. The lowest BCUT2D eigenvalue weighted by atomic mass is 10.1. The SMILES string of the molecule is COc1ccc2c(c1)CN(C1CC1)C(=O)CCN2CC(=O)c1ccc(OC(F)(F)F)cc1. The zero-order valence-corrected chi connectivity index (χ0v) is 17.5. The number of Topliss-reactive ketones (excluding diaryl/α,β-unsaturated/α-hetero) is 1. The molecule has 2 aromatic carbocycles. The lowest BCUT2D eigenvalue weighted by Crippen LogP contribution is -2.40. The number of ketones is 1. The molecule has 4 rings (SSSR count). The Morgan fingerprint density at radius 1 is 1.09 bits per heavy atom. The highest BCUT2D eigenvalue weighted by Crippen LogP contribution is 2.34. The summed E-state index contributed by atoms with van der Waals surface area (Å²) in [6, 6.07) is 10.7. The number of methoxy groups -OCH3 is 1. The lowest BCUT2D eigenvalue weighted by molar-refractivity contribution is -0.274. The predicted molar refractivity (Wildman–Crippen MR) is 111 cm³/mol. The molecule has 0 N–H and O–H groups in total. The van der Waals surface area contributed by atoms with Gasteiger partial charge in [0, 0.05) is 36.8 Å². The third-order valence-electron chi connectivity index (χ3n) is 5.62. The molecule has 6 nitrogen and oxygen atoms in total. The van der Waals surface area contributed by atoms with Crippen LogP contribution in [0.2, 0.25) is 0 Å². The van der Waals surface area contributed by atoms with E-state index in [-0.39, 0.29) is 42.0 Å². The maximum atomic E-state index is 12.9. The molecule has 170 valence electrons. The third kappa shape index (κ3) is 5.15. The van der Waals surface area contributed by atoms with Crippen molar-refractivity contribution in [2.45, 2.75) is 38.2 Å². The molecule has 2 aromatic rings. The molecule has 0 unspecified atom stereocenters. The summed E-state index contributed by atoms with van der Waals surface area (Å²) in [6.07, 6.45) is -2.50. The molecule has 0 atom stereocenters. The molecule has 0 bridgehead atoms. The average Bonchev–Trinajstić information content (AvgIpc) is 3.58. The highest BCUT2D eigenvalue weighted by Gasteiger charge is 2.35. The molecule has 1 amide bonds. The zero-order valence-electron chi connectivity index (χ0n) is 17.5. The Balaban J connectivity index is 1.55. The van der Waals surface area contributed by atoms with Gasteiger partial charge in [-0.25, -0.2) is 0 Å². The Bertz CT molecular complexity index is 1000. The molecule has 0 radical (unpaired) electrons. The second-order valence-electron chi connectivity index (χ2n) is 7.91. The van der Waals surface area contributed by atoms with Crippen molar-refractivity contribution in [2.75, 3.05) is 25.1 Å². The molecule has 1 heterocycles. The summed E-state index contributed by atoms with van der Waals surface area (Å²) < 4.78 is 46.3. The first-order valence-electron chi connectivity index (χ1n) is 10.3. The smallest absolute Gasteiger partial charge is 0.497 e.